The second-order valence-electron chi connectivity index (χ2n) is 9.38. The van der Waals surface area contributed by atoms with Crippen LogP contribution in [0.2, 0.25) is 0 Å². The molecule has 1 fully saturated rings. The summed E-state index contributed by atoms with van der Waals surface area (Å²) < 4.78 is 16.7. The Balaban J connectivity index is 1.29. The monoisotopic (exact) mass is 491 g/mol. The predicted molar refractivity (Wildman–Crippen MR) is 140 cm³/mol. The van der Waals surface area contributed by atoms with Crippen LogP contribution in [0.5, 0.6) is 11.5 Å². The molecule has 36 heavy (non-hydrogen) atoms. The fourth-order valence-corrected chi connectivity index (χ4v) is 4.72. The third kappa shape index (κ3) is 6.26. The van der Waals surface area contributed by atoms with Crippen LogP contribution >= 0.6 is 0 Å². The lowest BCUT2D eigenvalue weighted by Crippen LogP contribution is -2.43. The van der Waals surface area contributed by atoms with Crippen molar-refractivity contribution in [2.45, 2.75) is 46.1 Å². The molecule has 1 atom stereocenters. The van der Waals surface area contributed by atoms with Gasteiger partial charge in [0.1, 0.15) is 5.76 Å². The first-order chi connectivity index (χ1) is 17.5. The zero-order valence-electron chi connectivity index (χ0n) is 21.8. The molecule has 1 saturated heterocycles. The Bertz CT molecular complexity index is 1160. The van der Waals surface area contributed by atoms with Gasteiger partial charge in [-0.15, -0.1) is 0 Å². The molecule has 7 nitrogen and oxygen atoms in total. The zero-order chi connectivity index (χ0) is 25.5. The quantitative estimate of drug-likeness (QED) is 0.439. The maximum atomic E-state index is 12.9. The molecule has 192 valence electrons. The third-order valence-corrected chi connectivity index (χ3v) is 6.91. The largest absolute Gasteiger partial charge is 0.493 e. The molecule has 1 aromatic heterocycles. The number of benzene rings is 2. The van der Waals surface area contributed by atoms with Crippen molar-refractivity contribution in [3.05, 3.63) is 65.0 Å². The van der Waals surface area contributed by atoms with Crippen molar-refractivity contribution >= 4 is 5.91 Å². The number of piperidine rings is 1. The summed E-state index contributed by atoms with van der Waals surface area (Å²) in [5, 5.41) is 3.13. The SMILES string of the molecule is CCc1ccc(-c2nc(CN3CCC[C@@H](C(=O)NCCc4ccc(OC)c(OC)c4)C3)c(C)o2)cc1. The van der Waals surface area contributed by atoms with E-state index in [1.807, 2.05) is 25.1 Å². The molecule has 1 aliphatic heterocycles. The van der Waals surface area contributed by atoms with Gasteiger partial charge >= 0.3 is 0 Å². The number of amides is 1. The summed E-state index contributed by atoms with van der Waals surface area (Å²) in [5.74, 6) is 3.01. The molecule has 1 aliphatic rings. The molecule has 0 spiro atoms. The van der Waals surface area contributed by atoms with Gasteiger partial charge < -0.3 is 19.2 Å². The number of ether oxygens (including phenoxy) is 2. The molecule has 0 aliphatic carbocycles. The summed E-state index contributed by atoms with van der Waals surface area (Å²) in [5.41, 5.74) is 4.33. The van der Waals surface area contributed by atoms with Gasteiger partial charge in [0.2, 0.25) is 11.8 Å². The number of carbonyl (C=O) groups excluding carboxylic acids is 1. The summed E-state index contributed by atoms with van der Waals surface area (Å²) in [6.45, 7) is 7.09. The molecule has 4 rings (SSSR count). The molecule has 3 aromatic rings. The van der Waals surface area contributed by atoms with Gasteiger partial charge in [-0.25, -0.2) is 4.98 Å². The lowest BCUT2D eigenvalue weighted by molar-refractivity contribution is -0.126. The van der Waals surface area contributed by atoms with E-state index >= 15 is 0 Å². The maximum absolute atomic E-state index is 12.9. The number of carbonyl (C=O) groups is 1. The van der Waals surface area contributed by atoms with Crippen LogP contribution in [0.25, 0.3) is 11.5 Å². The molecule has 1 amide bonds. The second-order valence-corrected chi connectivity index (χ2v) is 9.38. The summed E-state index contributed by atoms with van der Waals surface area (Å²) in [7, 11) is 3.25. The second kappa shape index (κ2) is 12.1. The summed E-state index contributed by atoms with van der Waals surface area (Å²) in [6, 6.07) is 14.2. The van der Waals surface area contributed by atoms with Crippen molar-refractivity contribution in [2.24, 2.45) is 5.92 Å². The normalized spacial score (nSPS) is 16.1. The van der Waals surface area contributed by atoms with Gasteiger partial charge in [-0.05, 0) is 74.5 Å². The van der Waals surface area contributed by atoms with E-state index in [0.29, 0.717) is 30.5 Å². The van der Waals surface area contributed by atoms with E-state index in [1.54, 1.807) is 14.2 Å². The van der Waals surface area contributed by atoms with Gasteiger partial charge in [-0.3, -0.25) is 9.69 Å². The Kier molecular flexibility index (Phi) is 8.65. The zero-order valence-corrected chi connectivity index (χ0v) is 21.8. The highest BCUT2D eigenvalue weighted by atomic mass is 16.5. The van der Waals surface area contributed by atoms with Gasteiger partial charge in [0, 0.05) is 25.2 Å². The molecule has 0 radical (unpaired) electrons. The van der Waals surface area contributed by atoms with Crippen molar-refractivity contribution in [3.8, 4) is 23.0 Å². The molecule has 7 heteroatoms. The highest BCUT2D eigenvalue weighted by molar-refractivity contribution is 5.79. The maximum Gasteiger partial charge on any atom is 0.226 e. The topological polar surface area (TPSA) is 76.8 Å². The summed E-state index contributed by atoms with van der Waals surface area (Å²) in [6.07, 6.45) is 3.65. The summed E-state index contributed by atoms with van der Waals surface area (Å²) in [4.78, 5) is 20.0. The van der Waals surface area contributed by atoms with Crippen LogP contribution in [0.3, 0.4) is 0 Å². The number of methoxy groups -OCH3 is 2. The first kappa shape index (κ1) is 25.8. The molecular formula is C29H37N3O4. The number of hydrogen-bond acceptors (Lipinski definition) is 6. The molecule has 0 bridgehead atoms. The number of aromatic nitrogens is 1. The van der Waals surface area contributed by atoms with E-state index in [1.165, 1.54) is 5.56 Å². The summed E-state index contributed by atoms with van der Waals surface area (Å²) >= 11 is 0. The average molecular weight is 492 g/mol. The number of likely N-dealkylation sites (tertiary alicyclic amines) is 1. The lowest BCUT2D eigenvalue weighted by Gasteiger charge is -2.31. The highest BCUT2D eigenvalue weighted by Crippen LogP contribution is 2.28. The number of rotatable bonds is 10. The number of nitrogens with zero attached hydrogens (tertiary/aromatic N) is 2. The third-order valence-electron chi connectivity index (χ3n) is 6.91. The van der Waals surface area contributed by atoms with Gasteiger partial charge in [-0.2, -0.15) is 0 Å². The van der Waals surface area contributed by atoms with Crippen LogP contribution in [0, 0.1) is 12.8 Å². The Hall–Kier alpha value is -3.32. The Morgan fingerprint density at radius 3 is 2.58 bits per heavy atom. The fraction of sp³-hybridized carbons (Fsp3) is 0.448. The van der Waals surface area contributed by atoms with Crippen LogP contribution in [-0.4, -0.2) is 49.6 Å². The number of aryl methyl sites for hydroxylation is 2. The van der Waals surface area contributed by atoms with Crippen molar-refractivity contribution in [1.29, 1.82) is 0 Å². The smallest absolute Gasteiger partial charge is 0.226 e. The van der Waals surface area contributed by atoms with Crippen molar-refractivity contribution in [3.63, 3.8) is 0 Å². The molecule has 2 aromatic carbocycles. The Labute approximate surface area is 213 Å². The minimum atomic E-state index is -0.0163. The van der Waals surface area contributed by atoms with E-state index in [9.17, 15) is 4.79 Å². The van der Waals surface area contributed by atoms with E-state index in [4.69, 9.17) is 18.9 Å². The van der Waals surface area contributed by atoms with Gasteiger partial charge in [0.15, 0.2) is 11.5 Å². The highest BCUT2D eigenvalue weighted by Gasteiger charge is 2.27. The number of oxazole rings is 1. The first-order valence-electron chi connectivity index (χ1n) is 12.8. The van der Waals surface area contributed by atoms with Crippen molar-refractivity contribution < 1.29 is 18.7 Å². The molecular weight excluding hydrogens is 454 g/mol. The molecule has 0 saturated carbocycles. The molecule has 2 heterocycles. The Morgan fingerprint density at radius 2 is 1.86 bits per heavy atom. The van der Waals surface area contributed by atoms with E-state index < -0.39 is 0 Å². The fourth-order valence-electron chi connectivity index (χ4n) is 4.72. The van der Waals surface area contributed by atoms with E-state index in [-0.39, 0.29) is 11.8 Å². The molecule has 1 N–H and O–H groups in total. The minimum Gasteiger partial charge on any atom is -0.493 e. The van der Waals surface area contributed by atoms with Crippen molar-refractivity contribution in [1.82, 2.24) is 15.2 Å². The van der Waals surface area contributed by atoms with Gasteiger partial charge in [0.05, 0.1) is 25.8 Å². The van der Waals surface area contributed by atoms with Gasteiger partial charge in [-0.1, -0.05) is 25.1 Å². The van der Waals surface area contributed by atoms with Gasteiger partial charge in [0.25, 0.3) is 0 Å². The van der Waals surface area contributed by atoms with Crippen LogP contribution in [-0.2, 0) is 24.2 Å². The van der Waals surface area contributed by atoms with Crippen LogP contribution < -0.4 is 14.8 Å². The van der Waals surface area contributed by atoms with Crippen LogP contribution in [0.1, 0.15) is 42.3 Å². The average Bonchev–Trinajstić information content (AvgIpc) is 3.28. The number of nitrogens with one attached hydrogen (secondary N) is 1. The van der Waals surface area contributed by atoms with Crippen molar-refractivity contribution in [2.75, 3.05) is 33.9 Å². The standard InChI is InChI=1S/C29H37N3O4/c1-5-21-8-11-23(12-9-21)29-31-25(20(2)36-29)19-32-16-6-7-24(18-32)28(33)30-15-14-22-10-13-26(34-3)27(17-22)35-4/h8-13,17,24H,5-7,14-16,18-19H2,1-4H3,(H,30,33)/t24-/m1/s1. The lowest BCUT2D eigenvalue weighted by atomic mass is 9.97. The Morgan fingerprint density at radius 1 is 1.11 bits per heavy atom. The first-order valence-corrected chi connectivity index (χ1v) is 12.8. The number of hydrogen-bond donors (Lipinski definition) is 1. The van der Waals surface area contributed by atoms with Crippen LogP contribution in [0.4, 0.5) is 0 Å². The van der Waals surface area contributed by atoms with Crippen LogP contribution in [0.15, 0.2) is 46.9 Å². The minimum absolute atomic E-state index is 0.0163. The predicted octanol–water partition coefficient (Wildman–Crippen LogP) is 4.80. The van der Waals surface area contributed by atoms with E-state index in [0.717, 1.165) is 61.4 Å². The van der Waals surface area contributed by atoms with E-state index in [2.05, 4.69) is 41.4 Å². The molecule has 0 unspecified atom stereocenters.